The van der Waals surface area contributed by atoms with Gasteiger partial charge in [0.05, 0.1) is 13.7 Å². The van der Waals surface area contributed by atoms with E-state index in [-0.39, 0.29) is 5.75 Å². The van der Waals surface area contributed by atoms with Gasteiger partial charge in [-0.25, -0.2) is 5.90 Å². The lowest BCUT2D eigenvalue weighted by atomic mass is 10.1. The van der Waals surface area contributed by atoms with E-state index in [0.717, 1.165) is 5.56 Å². The smallest absolute Gasteiger partial charge is 0.122 e. The molecule has 0 saturated carbocycles. The van der Waals surface area contributed by atoms with Gasteiger partial charge in [-0.15, -0.1) is 0 Å². The predicted octanol–water partition coefficient (Wildman–Crippen LogP) is 0.834. The molecule has 0 fully saturated rings. The Hall–Kier alpha value is -1.26. The monoisotopic (exact) mass is 183 g/mol. The fraction of sp³-hybridized carbons (Fsp3) is 0.333. The lowest BCUT2D eigenvalue weighted by Gasteiger charge is -2.05. The van der Waals surface area contributed by atoms with Crippen LogP contribution in [-0.2, 0) is 11.3 Å². The summed E-state index contributed by atoms with van der Waals surface area (Å²) in [5.74, 6) is 5.72. The van der Waals surface area contributed by atoms with E-state index in [1.54, 1.807) is 25.3 Å². The van der Waals surface area contributed by atoms with E-state index in [0.29, 0.717) is 18.8 Å². The van der Waals surface area contributed by atoms with E-state index in [9.17, 15) is 5.11 Å². The van der Waals surface area contributed by atoms with Gasteiger partial charge in [0.25, 0.3) is 0 Å². The van der Waals surface area contributed by atoms with Gasteiger partial charge < -0.3 is 14.7 Å². The minimum absolute atomic E-state index is 0.205. The van der Waals surface area contributed by atoms with Crippen molar-refractivity contribution in [2.45, 2.75) is 6.42 Å². The molecule has 1 aromatic rings. The topological polar surface area (TPSA) is 64.7 Å². The van der Waals surface area contributed by atoms with Gasteiger partial charge in [0.2, 0.25) is 0 Å². The van der Waals surface area contributed by atoms with Crippen LogP contribution in [0, 0.1) is 0 Å². The molecule has 0 aliphatic rings. The van der Waals surface area contributed by atoms with Gasteiger partial charge in [-0.2, -0.15) is 0 Å². The minimum atomic E-state index is 0.205. The third kappa shape index (κ3) is 2.61. The fourth-order valence-corrected chi connectivity index (χ4v) is 1.05. The molecule has 0 radical (unpaired) electrons. The minimum Gasteiger partial charge on any atom is -0.508 e. The lowest BCUT2D eigenvalue weighted by Crippen LogP contribution is -2.03. The standard InChI is InChI=1S/C9H13NO3/c1-12-8-3-2-7(4-5-13-10)9(11)6-8/h2-3,6,11H,4-5,10H2,1H3. The van der Waals surface area contributed by atoms with E-state index in [1.165, 1.54) is 0 Å². The van der Waals surface area contributed by atoms with Crippen LogP contribution in [-0.4, -0.2) is 18.8 Å². The molecular formula is C9H13NO3. The maximum absolute atomic E-state index is 9.47. The molecule has 0 amide bonds. The largest absolute Gasteiger partial charge is 0.508 e. The van der Waals surface area contributed by atoms with Gasteiger partial charge in [-0.1, -0.05) is 6.07 Å². The first-order chi connectivity index (χ1) is 6.27. The molecule has 1 aromatic carbocycles. The molecule has 0 aromatic heterocycles. The molecule has 0 atom stereocenters. The highest BCUT2D eigenvalue weighted by molar-refractivity contribution is 5.39. The van der Waals surface area contributed by atoms with E-state index in [4.69, 9.17) is 10.6 Å². The summed E-state index contributed by atoms with van der Waals surface area (Å²) in [6, 6.07) is 5.13. The summed E-state index contributed by atoms with van der Waals surface area (Å²) in [5.41, 5.74) is 0.797. The first-order valence-corrected chi connectivity index (χ1v) is 3.95. The summed E-state index contributed by atoms with van der Waals surface area (Å²) in [5, 5.41) is 9.47. The van der Waals surface area contributed by atoms with Crippen LogP contribution in [0.4, 0.5) is 0 Å². The van der Waals surface area contributed by atoms with Gasteiger partial charge in [0, 0.05) is 12.5 Å². The van der Waals surface area contributed by atoms with Gasteiger partial charge in [0.15, 0.2) is 0 Å². The number of rotatable bonds is 4. The molecule has 0 heterocycles. The van der Waals surface area contributed by atoms with Crippen LogP contribution < -0.4 is 10.6 Å². The Labute approximate surface area is 76.8 Å². The average Bonchev–Trinajstić information content (AvgIpc) is 2.16. The number of phenols is 1. The lowest BCUT2D eigenvalue weighted by molar-refractivity contribution is 0.140. The van der Waals surface area contributed by atoms with E-state index >= 15 is 0 Å². The number of aromatic hydroxyl groups is 1. The molecular weight excluding hydrogens is 170 g/mol. The Morgan fingerprint density at radius 1 is 1.46 bits per heavy atom. The maximum atomic E-state index is 9.47. The fourth-order valence-electron chi connectivity index (χ4n) is 1.05. The Morgan fingerprint density at radius 2 is 2.23 bits per heavy atom. The summed E-state index contributed by atoms with van der Waals surface area (Å²) >= 11 is 0. The van der Waals surface area contributed by atoms with Gasteiger partial charge in [0.1, 0.15) is 11.5 Å². The highest BCUT2D eigenvalue weighted by Gasteiger charge is 2.02. The zero-order valence-corrected chi connectivity index (χ0v) is 7.49. The van der Waals surface area contributed by atoms with Crippen LogP contribution in [0.5, 0.6) is 11.5 Å². The third-order valence-corrected chi connectivity index (χ3v) is 1.78. The molecule has 72 valence electrons. The van der Waals surface area contributed by atoms with Crippen LogP contribution in [0.2, 0.25) is 0 Å². The average molecular weight is 183 g/mol. The summed E-state index contributed by atoms with van der Waals surface area (Å²) in [6.07, 6.45) is 0.590. The molecule has 3 N–H and O–H groups in total. The van der Waals surface area contributed by atoms with Crippen LogP contribution in [0.3, 0.4) is 0 Å². The molecule has 1 rings (SSSR count). The zero-order valence-electron chi connectivity index (χ0n) is 7.49. The van der Waals surface area contributed by atoms with Crippen LogP contribution in [0.15, 0.2) is 18.2 Å². The zero-order chi connectivity index (χ0) is 9.68. The number of nitrogens with two attached hydrogens (primary N) is 1. The van der Waals surface area contributed by atoms with Crippen molar-refractivity contribution in [2.24, 2.45) is 5.90 Å². The van der Waals surface area contributed by atoms with Crippen molar-refractivity contribution in [3.8, 4) is 11.5 Å². The number of hydrogen-bond donors (Lipinski definition) is 2. The van der Waals surface area contributed by atoms with E-state index in [1.807, 2.05) is 0 Å². The number of methoxy groups -OCH3 is 1. The molecule has 4 nitrogen and oxygen atoms in total. The van der Waals surface area contributed by atoms with Crippen molar-refractivity contribution < 1.29 is 14.7 Å². The Balaban J connectivity index is 2.73. The van der Waals surface area contributed by atoms with Crippen molar-refractivity contribution in [3.05, 3.63) is 23.8 Å². The van der Waals surface area contributed by atoms with Crippen molar-refractivity contribution in [1.29, 1.82) is 0 Å². The molecule has 0 aliphatic carbocycles. The van der Waals surface area contributed by atoms with Gasteiger partial charge >= 0.3 is 0 Å². The Kier molecular flexibility index (Phi) is 3.54. The summed E-state index contributed by atoms with van der Waals surface area (Å²) in [7, 11) is 1.55. The molecule has 0 bridgehead atoms. The second-order valence-corrected chi connectivity index (χ2v) is 2.62. The van der Waals surface area contributed by atoms with Crippen LogP contribution >= 0.6 is 0 Å². The van der Waals surface area contributed by atoms with Crippen molar-refractivity contribution in [1.82, 2.24) is 0 Å². The van der Waals surface area contributed by atoms with Crippen LogP contribution in [0.1, 0.15) is 5.56 Å². The van der Waals surface area contributed by atoms with Crippen molar-refractivity contribution >= 4 is 0 Å². The molecule has 13 heavy (non-hydrogen) atoms. The SMILES string of the molecule is COc1ccc(CCON)c(O)c1. The normalized spacial score (nSPS) is 10.0. The number of hydrogen-bond acceptors (Lipinski definition) is 4. The van der Waals surface area contributed by atoms with Crippen molar-refractivity contribution in [2.75, 3.05) is 13.7 Å². The Bertz CT molecular complexity index is 276. The van der Waals surface area contributed by atoms with E-state index in [2.05, 4.69) is 4.84 Å². The summed E-state index contributed by atoms with van der Waals surface area (Å²) in [4.78, 5) is 4.41. The molecule has 0 spiro atoms. The second-order valence-electron chi connectivity index (χ2n) is 2.62. The first-order valence-electron chi connectivity index (χ1n) is 3.95. The molecule has 0 aliphatic heterocycles. The highest BCUT2D eigenvalue weighted by atomic mass is 16.6. The van der Waals surface area contributed by atoms with Crippen molar-refractivity contribution in [3.63, 3.8) is 0 Å². The summed E-state index contributed by atoms with van der Waals surface area (Å²) < 4.78 is 4.94. The second kappa shape index (κ2) is 4.69. The van der Waals surface area contributed by atoms with Crippen LogP contribution in [0.25, 0.3) is 0 Å². The number of phenolic OH excluding ortho intramolecular Hbond substituents is 1. The van der Waals surface area contributed by atoms with Gasteiger partial charge in [-0.3, -0.25) is 0 Å². The number of benzene rings is 1. The molecule has 0 saturated heterocycles. The molecule has 0 unspecified atom stereocenters. The third-order valence-electron chi connectivity index (χ3n) is 1.78. The van der Waals surface area contributed by atoms with E-state index < -0.39 is 0 Å². The first kappa shape index (κ1) is 9.83. The molecule has 4 heteroatoms. The van der Waals surface area contributed by atoms with Gasteiger partial charge in [-0.05, 0) is 11.6 Å². The highest BCUT2D eigenvalue weighted by Crippen LogP contribution is 2.23. The maximum Gasteiger partial charge on any atom is 0.122 e. The Morgan fingerprint density at radius 3 is 2.77 bits per heavy atom. The predicted molar refractivity (Wildman–Crippen MR) is 48.5 cm³/mol. The quantitative estimate of drug-likeness (QED) is 0.679. The number of ether oxygens (including phenoxy) is 1. The summed E-state index contributed by atoms with van der Waals surface area (Å²) in [6.45, 7) is 0.389.